The summed E-state index contributed by atoms with van der Waals surface area (Å²) in [4.78, 5) is 24.8. The van der Waals surface area contributed by atoms with Gasteiger partial charge in [0, 0.05) is 65.7 Å². The van der Waals surface area contributed by atoms with E-state index in [1.54, 1.807) is 19.3 Å². The van der Waals surface area contributed by atoms with Crippen molar-refractivity contribution < 1.29 is 0 Å². The summed E-state index contributed by atoms with van der Waals surface area (Å²) in [7, 11) is 1.76. The molecule has 7 rings (SSSR count). The molecule has 0 saturated heterocycles. The van der Waals surface area contributed by atoms with Crippen LogP contribution in [0.4, 0.5) is 11.4 Å². The van der Waals surface area contributed by atoms with Crippen LogP contribution in [0.5, 0.6) is 0 Å². The van der Waals surface area contributed by atoms with Gasteiger partial charge in [0.2, 0.25) is 0 Å². The molecule has 8 heteroatoms. The topological polar surface area (TPSA) is 112 Å². The Hall–Kier alpha value is -5.24. The number of hydrogen-bond acceptors (Lipinski definition) is 8. The van der Waals surface area contributed by atoms with Crippen molar-refractivity contribution in [3.63, 3.8) is 0 Å². The zero-order valence-electron chi connectivity index (χ0n) is 23.9. The van der Waals surface area contributed by atoms with Gasteiger partial charge in [-0.25, -0.2) is 19.9 Å². The van der Waals surface area contributed by atoms with Crippen LogP contribution in [0.1, 0.15) is 40.3 Å². The molecule has 1 unspecified atom stereocenters. The highest BCUT2D eigenvalue weighted by Gasteiger charge is 2.22. The van der Waals surface area contributed by atoms with Gasteiger partial charge in [0.25, 0.3) is 0 Å². The molecule has 0 fully saturated rings. The van der Waals surface area contributed by atoms with E-state index in [0.29, 0.717) is 0 Å². The molecule has 0 spiro atoms. The molecule has 0 bridgehead atoms. The molecule has 2 aromatic heterocycles. The summed E-state index contributed by atoms with van der Waals surface area (Å²) in [6.45, 7) is 7.11. The largest absolute Gasteiger partial charge is 0.381 e. The summed E-state index contributed by atoms with van der Waals surface area (Å²) in [6, 6.07) is 4.20. The van der Waals surface area contributed by atoms with Gasteiger partial charge in [0.05, 0.1) is 44.1 Å². The van der Waals surface area contributed by atoms with Crippen molar-refractivity contribution in [3.05, 3.63) is 69.8 Å². The van der Waals surface area contributed by atoms with Crippen LogP contribution in [0.2, 0.25) is 0 Å². The Morgan fingerprint density at radius 2 is 1.38 bits per heavy atom. The first-order valence-corrected chi connectivity index (χ1v) is 14.1. The molecule has 0 saturated carbocycles. The van der Waals surface area contributed by atoms with E-state index in [1.165, 1.54) is 6.21 Å². The van der Waals surface area contributed by atoms with E-state index in [0.717, 1.165) is 95.4 Å². The van der Waals surface area contributed by atoms with Crippen LogP contribution < -0.4 is 10.6 Å². The molecule has 3 N–H and O–H groups in total. The van der Waals surface area contributed by atoms with Crippen LogP contribution in [0.15, 0.2) is 41.4 Å². The summed E-state index contributed by atoms with van der Waals surface area (Å²) in [5, 5.41) is 14.7. The van der Waals surface area contributed by atoms with Crippen LogP contribution >= 0.6 is 0 Å². The number of fused-ring (bicyclic) bond motifs is 8. The Morgan fingerprint density at radius 1 is 0.810 bits per heavy atom. The molecule has 4 heterocycles. The molecular weight excluding hydrogens is 520 g/mol. The number of rotatable bonds is 4. The average molecular weight is 551 g/mol. The van der Waals surface area contributed by atoms with Gasteiger partial charge in [-0.05, 0) is 56.2 Å². The second kappa shape index (κ2) is 9.99. The highest BCUT2D eigenvalue weighted by molar-refractivity contribution is 6.07. The van der Waals surface area contributed by atoms with Gasteiger partial charge in [-0.3, -0.25) is 4.99 Å². The lowest BCUT2D eigenvalue weighted by molar-refractivity contribution is 0.988. The summed E-state index contributed by atoms with van der Waals surface area (Å²) < 4.78 is 0. The minimum atomic E-state index is 0.209. The van der Waals surface area contributed by atoms with Crippen molar-refractivity contribution in [2.45, 2.75) is 26.8 Å². The van der Waals surface area contributed by atoms with Crippen LogP contribution in [-0.4, -0.2) is 52.0 Å². The number of hydrogen-bond donors (Lipinski definition) is 3. The maximum atomic E-state index is 7.57. The van der Waals surface area contributed by atoms with Gasteiger partial charge < -0.3 is 16.0 Å². The van der Waals surface area contributed by atoms with Crippen molar-refractivity contribution in [1.82, 2.24) is 19.9 Å². The number of aliphatic imine (C=N–C) groups is 1. The number of nitrogens with zero attached hydrogens (tertiary/aromatic N) is 5. The molecule has 2 aliphatic rings. The minimum absolute atomic E-state index is 0.209. The summed E-state index contributed by atoms with van der Waals surface area (Å²) in [6.07, 6.45) is 19.2. The van der Waals surface area contributed by atoms with Crippen molar-refractivity contribution >= 4 is 92.2 Å². The lowest BCUT2D eigenvalue weighted by Gasteiger charge is -2.24. The van der Waals surface area contributed by atoms with Gasteiger partial charge in [0.1, 0.15) is 0 Å². The fraction of sp³-hybridized carbons (Fsp3) is 0.176. The number of aromatic nitrogens is 4. The molecule has 206 valence electrons. The van der Waals surface area contributed by atoms with E-state index in [-0.39, 0.29) is 6.04 Å². The number of allylic oxidation sites excluding steroid dienone is 2. The maximum absolute atomic E-state index is 7.57. The summed E-state index contributed by atoms with van der Waals surface area (Å²) in [5.41, 5.74) is 14.7. The molecule has 0 radical (unpaired) electrons. The van der Waals surface area contributed by atoms with Gasteiger partial charge in [-0.1, -0.05) is 36.5 Å². The Bertz CT molecular complexity index is 2130. The first-order chi connectivity index (χ1) is 20.5. The highest BCUT2D eigenvalue weighted by atomic mass is 14.9. The molecule has 0 aliphatic carbocycles. The molecule has 8 nitrogen and oxygen atoms in total. The Morgan fingerprint density at radius 3 is 2.00 bits per heavy atom. The zero-order valence-corrected chi connectivity index (χ0v) is 23.9. The average Bonchev–Trinajstić information content (AvgIpc) is 3.00. The van der Waals surface area contributed by atoms with Crippen molar-refractivity contribution in [3.8, 4) is 0 Å². The second-order valence-corrected chi connectivity index (χ2v) is 10.7. The third-order valence-electron chi connectivity index (χ3n) is 8.03. The number of benzene rings is 3. The third kappa shape index (κ3) is 3.98. The first-order valence-electron chi connectivity index (χ1n) is 14.1. The fourth-order valence-corrected chi connectivity index (χ4v) is 5.99. The highest BCUT2D eigenvalue weighted by Crippen LogP contribution is 2.39. The third-order valence-corrected chi connectivity index (χ3v) is 8.03. The van der Waals surface area contributed by atoms with Crippen LogP contribution in [0.3, 0.4) is 0 Å². The standard InChI is InChI=1S/C34H30N8/c1-18-11-12-24-30(38-18)20(3)21(8-5-13-35)31-34(24)42-28-17-27-25(16-26(28)39-31)40-32-22(9-6-14-36-4)19(2)29-23(33(32)41-27)10-7-15-37-29/h5-14,16-18,35,37-38H,15H2,1-4H3/b8-5-,9-6-,35-13?,36-14?. The number of nitrogens with one attached hydrogen (secondary N) is 3. The molecule has 42 heavy (non-hydrogen) atoms. The molecule has 1 atom stereocenters. The Balaban J connectivity index is 1.56. The normalized spacial score (nSPS) is 16.2. The van der Waals surface area contributed by atoms with Gasteiger partial charge in [0.15, 0.2) is 0 Å². The Labute approximate surface area is 243 Å². The van der Waals surface area contributed by atoms with Crippen molar-refractivity contribution in [2.24, 2.45) is 4.99 Å². The van der Waals surface area contributed by atoms with Crippen molar-refractivity contribution in [1.29, 1.82) is 5.41 Å². The van der Waals surface area contributed by atoms with E-state index in [1.807, 2.05) is 24.3 Å². The lowest BCUT2D eigenvalue weighted by atomic mass is 9.94. The second-order valence-electron chi connectivity index (χ2n) is 10.7. The van der Waals surface area contributed by atoms with E-state index in [2.05, 4.69) is 66.8 Å². The minimum Gasteiger partial charge on any atom is -0.381 e. The summed E-state index contributed by atoms with van der Waals surface area (Å²) in [5.74, 6) is 0. The van der Waals surface area contributed by atoms with Crippen LogP contribution in [-0.2, 0) is 0 Å². The summed E-state index contributed by atoms with van der Waals surface area (Å²) >= 11 is 0. The van der Waals surface area contributed by atoms with Crippen LogP contribution in [0.25, 0.3) is 68.4 Å². The van der Waals surface area contributed by atoms with Gasteiger partial charge in [-0.2, -0.15) is 0 Å². The van der Waals surface area contributed by atoms with Crippen molar-refractivity contribution in [2.75, 3.05) is 24.2 Å². The van der Waals surface area contributed by atoms with Gasteiger partial charge >= 0.3 is 0 Å². The maximum Gasteiger partial charge on any atom is 0.0993 e. The van der Waals surface area contributed by atoms with E-state index >= 15 is 0 Å². The van der Waals surface area contributed by atoms with Gasteiger partial charge in [-0.15, -0.1) is 0 Å². The monoisotopic (exact) mass is 550 g/mol. The molecular formula is C34H30N8. The molecule has 5 aromatic rings. The molecule has 2 aliphatic heterocycles. The smallest absolute Gasteiger partial charge is 0.0993 e. The Kier molecular flexibility index (Phi) is 6.12. The van der Waals surface area contributed by atoms with E-state index in [4.69, 9.17) is 25.3 Å². The predicted molar refractivity (Wildman–Crippen MR) is 178 cm³/mol. The van der Waals surface area contributed by atoms with E-state index < -0.39 is 0 Å². The molecule has 0 amide bonds. The lowest BCUT2D eigenvalue weighted by Crippen LogP contribution is -2.18. The quantitative estimate of drug-likeness (QED) is 0.162. The van der Waals surface area contributed by atoms with Crippen LogP contribution in [0, 0.1) is 19.3 Å². The predicted octanol–water partition coefficient (Wildman–Crippen LogP) is 7.14. The first kappa shape index (κ1) is 25.7. The SMILES string of the molecule is CN=C/C=C\c1c(C)c2c(c3nc4cc5nc6c7c(c(C)c(/C=C\C=N)c6nc5cc4nc13)NC(C)C=C7)C=CCN2. The molecule has 3 aromatic carbocycles. The number of anilines is 2. The van der Waals surface area contributed by atoms with E-state index in [9.17, 15) is 0 Å². The zero-order chi connectivity index (χ0) is 29.0. The fourth-order valence-electron chi connectivity index (χ4n) is 5.99.